The molecule has 2 aliphatic rings. The van der Waals surface area contributed by atoms with Crippen LogP contribution in [0, 0.1) is 0 Å². The van der Waals surface area contributed by atoms with Crippen molar-refractivity contribution in [2.45, 2.75) is 45.2 Å². The highest BCUT2D eigenvalue weighted by molar-refractivity contribution is 5.40. The molecule has 1 aromatic rings. The van der Waals surface area contributed by atoms with E-state index in [1.54, 1.807) is 0 Å². The fraction of sp³-hybridized carbons (Fsp3) is 0.692. The van der Waals surface area contributed by atoms with Gasteiger partial charge in [0.05, 0.1) is 11.7 Å². The third-order valence-corrected chi connectivity index (χ3v) is 3.76. The second-order valence-electron chi connectivity index (χ2n) is 5.05. The van der Waals surface area contributed by atoms with Crippen LogP contribution in [0.5, 0.6) is 0 Å². The molecule has 0 spiro atoms. The quantitative estimate of drug-likeness (QED) is 0.868. The summed E-state index contributed by atoms with van der Waals surface area (Å²) in [7, 11) is 0. The molecule has 92 valence electrons. The summed E-state index contributed by atoms with van der Waals surface area (Å²) in [5, 5.41) is 12.0. The van der Waals surface area contributed by atoms with Gasteiger partial charge in [-0.05, 0) is 37.4 Å². The Morgan fingerprint density at radius 2 is 2.35 bits per heavy atom. The summed E-state index contributed by atoms with van der Waals surface area (Å²) in [6.45, 7) is 5.42. The fourth-order valence-electron chi connectivity index (χ4n) is 2.90. The number of rotatable bonds is 3. The fourth-order valence-corrected chi connectivity index (χ4v) is 2.90. The zero-order valence-corrected chi connectivity index (χ0v) is 10.4. The average Bonchev–Trinajstić information content (AvgIpc) is 2.74. The summed E-state index contributed by atoms with van der Waals surface area (Å²) in [6.07, 6.45) is 5.04. The molecule has 1 unspecified atom stereocenters. The number of piperidine rings is 1. The summed E-state index contributed by atoms with van der Waals surface area (Å²) >= 11 is 0. The molecule has 2 aliphatic heterocycles. The van der Waals surface area contributed by atoms with Crippen LogP contribution in [-0.4, -0.2) is 28.2 Å². The molecule has 3 heterocycles. The number of hydrogen-bond acceptors (Lipinski definition) is 4. The maximum atomic E-state index is 4.44. The molecule has 0 aromatic carbocycles. The number of aromatic nitrogens is 2. The molecule has 0 saturated carbocycles. The third kappa shape index (κ3) is 2.02. The van der Waals surface area contributed by atoms with Crippen LogP contribution in [0.3, 0.4) is 0 Å². The van der Waals surface area contributed by atoms with Crippen LogP contribution in [0.1, 0.15) is 49.9 Å². The standard InChI is InChI=1S/C13H20N4/c1-2-6-14-12-8-10-9-17-7-4-3-5-11(17)13(10)16-15-12/h8,11H,2-7,9H2,1H3,(H,14,15). The summed E-state index contributed by atoms with van der Waals surface area (Å²) in [6, 6.07) is 2.74. The molecule has 0 bridgehead atoms. The Bertz CT molecular complexity index is 404. The molecular formula is C13H20N4. The molecule has 3 rings (SSSR count). The van der Waals surface area contributed by atoms with Gasteiger partial charge in [-0.3, -0.25) is 4.90 Å². The minimum absolute atomic E-state index is 0.548. The van der Waals surface area contributed by atoms with Crippen molar-refractivity contribution in [3.8, 4) is 0 Å². The first kappa shape index (κ1) is 11.0. The van der Waals surface area contributed by atoms with E-state index in [2.05, 4.69) is 33.4 Å². The molecule has 1 atom stereocenters. The van der Waals surface area contributed by atoms with E-state index in [1.165, 1.54) is 37.1 Å². The van der Waals surface area contributed by atoms with Crippen molar-refractivity contribution in [3.05, 3.63) is 17.3 Å². The van der Waals surface area contributed by atoms with Crippen LogP contribution in [0.25, 0.3) is 0 Å². The largest absolute Gasteiger partial charge is 0.369 e. The lowest BCUT2D eigenvalue weighted by molar-refractivity contribution is 0.162. The molecule has 1 aromatic heterocycles. The topological polar surface area (TPSA) is 41.1 Å². The van der Waals surface area contributed by atoms with Gasteiger partial charge in [-0.1, -0.05) is 13.3 Å². The molecule has 1 saturated heterocycles. The van der Waals surface area contributed by atoms with Crippen molar-refractivity contribution in [1.82, 2.24) is 15.1 Å². The molecule has 4 nitrogen and oxygen atoms in total. The van der Waals surface area contributed by atoms with Gasteiger partial charge in [-0.25, -0.2) is 0 Å². The molecule has 17 heavy (non-hydrogen) atoms. The Kier molecular flexibility index (Phi) is 2.97. The second kappa shape index (κ2) is 4.61. The lowest BCUT2D eigenvalue weighted by atomic mass is 10.0. The smallest absolute Gasteiger partial charge is 0.148 e. The summed E-state index contributed by atoms with van der Waals surface area (Å²) in [5.41, 5.74) is 2.61. The lowest BCUT2D eigenvalue weighted by Crippen LogP contribution is -2.27. The van der Waals surface area contributed by atoms with E-state index in [4.69, 9.17) is 0 Å². The Morgan fingerprint density at radius 3 is 3.24 bits per heavy atom. The zero-order chi connectivity index (χ0) is 11.7. The van der Waals surface area contributed by atoms with E-state index in [9.17, 15) is 0 Å². The van der Waals surface area contributed by atoms with Crippen LogP contribution in [0.4, 0.5) is 5.82 Å². The minimum atomic E-state index is 0.548. The van der Waals surface area contributed by atoms with Gasteiger partial charge in [0, 0.05) is 13.1 Å². The predicted molar refractivity (Wildman–Crippen MR) is 67.8 cm³/mol. The number of anilines is 1. The minimum Gasteiger partial charge on any atom is -0.369 e. The number of hydrogen-bond donors (Lipinski definition) is 1. The van der Waals surface area contributed by atoms with Gasteiger partial charge < -0.3 is 5.32 Å². The third-order valence-electron chi connectivity index (χ3n) is 3.76. The predicted octanol–water partition coefficient (Wildman–Crippen LogP) is 2.34. The highest BCUT2D eigenvalue weighted by Gasteiger charge is 2.33. The maximum absolute atomic E-state index is 4.44. The first-order chi connectivity index (χ1) is 8.38. The van der Waals surface area contributed by atoms with E-state index in [1.807, 2.05) is 0 Å². The average molecular weight is 232 g/mol. The summed E-state index contributed by atoms with van der Waals surface area (Å²) in [4.78, 5) is 2.55. The van der Waals surface area contributed by atoms with Gasteiger partial charge in [0.2, 0.25) is 0 Å². The van der Waals surface area contributed by atoms with Crippen molar-refractivity contribution in [2.75, 3.05) is 18.4 Å². The van der Waals surface area contributed by atoms with Crippen LogP contribution < -0.4 is 5.32 Å². The molecule has 1 fully saturated rings. The first-order valence-corrected chi connectivity index (χ1v) is 6.73. The SMILES string of the molecule is CCCNc1cc2c(nn1)C1CCCCN1C2. The van der Waals surface area contributed by atoms with Gasteiger partial charge in [-0.15, -0.1) is 5.10 Å². The van der Waals surface area contributed by atoms with Gasteiger partial charge in [0.1, 0.15) is 5.82 Å². The Hall–Kier alpha value is -1.16. The van der Waals surface area contributed by atoms with Crippen LogP contribution in [0.2, 0.25) is 0 Å². The molecule has 0 aliphatic carbocycles. The van der Waals surface area contributed by atoms with E-state index >= 15 is 0 Å². The Labute approximate surface area is 102 Å². The van der Waals surface area contributed by atoms with Crippen LogP contribution >= 0.6 is 0 Å². The highest BCUT2D eigenvalue weighted by Crippen LogP contribution is 2.38. The van der Waals surface area contributed by atoms with Crippen molar-refractivity contribution >= 4 is 5.82 Å². The van der Waals surface area contributed by atoms with Crippen molar-refractivity contribution in [2.24, 2.45) is 0 Å². The normalized spacial score (nSPS) is 23.2. The zero-order valence-electron chi connectivity index (χ0n) is 10.4. The Morgan fingerprint density at radius 1 is 1.41 bits per heavy atom. The lowest BCUT2D eigenvalue weighted by Gasteiger charge is -2.28. The highest BCUT2D eigenvalue weighted by atomic mass is 15.2. The second-order valence-corrected chi connectivity index (χ2v) is 5.05. The summed E-state index contributed by atoms with van der Waals surface area (Å²) < 4.78 is 0. The van der Waals surface area contributed by atoms with E-state index < -0.39 is 0 Å². The maximum Gasteiger partial charge on any atom is 0.148 e. The van der Waals surface area contributed by atoms with Gasteiger partial charge in [0.15, 0.2) is 0 Å². The van der Waals surface area contributed by atoms with Crippen molar-refractivity contribution < 1.29 is 0 Å². The monoisotopic (exact) mass is 232 g/mol. The molecule has 0 amide bonds. The van der Waals surface area contributed by atoms with Crippen molar-refractivity contribution in [1.29, 1.82) is 0 Å². The van der Waals surface area contributed by atoms with Gasteiger partial charge in [0.25, 0.3) is 0 Å². The van der Waals surface area contributed by atoms with Crippen molar-refractivity contribution in [3.63, 3.8) is 0 Å². The molecule has 0 radical (unpaired) electrons. The van der Waals surface area contributed by atoms with Gasteiger partial charge in [-0.2, -0.15) is 5.10 Å². The molecular weight excluding hydrogens is 212 g/mol. The van der Waals surface area contributed by atoms with Gasteiger partial charge >= 0.3 is 0 Å². The first-order valence-electron chi connectivity index (χ1n) is 6.73. The number of nitrogens with zero attached hydrogens (tertiary/aromatic N) is 3. The number of fused-ring (bicyclic) bond motifs is 3. The number of nitrogens with one attached hydrogen (secondary N) is 1. The molecule has 4 heteroatoms. The van der Waals surface area contributed by atoms with E-state index in [0.29, 0.717) is 6.04 Å². The van der Waals surface area contributed by atoms with E-state index in [0.717, 1.165) is 25.3 Å². The van der Waals surface area contributed by atoms with E-state index in [-0.39, 0.29) is 0 Å². The molecule has 1 N–H and O–H groups in total. The summed E-state index contributed by atoms with van der Waals surface area (Å²) in [5.74, 6) is 0.936. The Balaban J connectivity index is 1.81. The van der Waals surface area contributed by atoms with Crippen LogP contribution in [0.15, 0.2) is 6.07 Å². The van der Waals surface area contributed by atoms with Crippen LogP contribution in [-0.2, 0) is 6.54 Å².